The van der Waals surface area contributed by atoms with Gasteiger partial charge in [0, 0.05) is 18.4 Å². The summed E-state index contributed by atoms with van der Waals surface area (Å²) in [7, 11) is 0. The number of nitriles is 1. The highest BCUT2D eigenvalue weighted by molar-refractivity contribution is 5.52. The first kappa shape index (κ1) is 22.5. The van der Waals surface area contributed by atoms with Crippen LogP contribution in [0.1, 0.15) is 58.1 Å². The van der Waals surface area contributed by atoms with Crippen LogP contribution in [-0.2, 0) is 15.8 Å². The van der Waals surface area contributed by atoms with Crippen molar-refractivity contribution in [1.82, 2.24) is 0 Å². The number of nitrogens with two attached hydrogens (primary N) is 1. The number of rotatable bonds is 5. The molecule has 2 saturated heterocycles. The van der Waals surface area contributed by atoms with Crippen molar-refractivity contribution in [3.8, 4) is 6.07 Å². The third-order valence-corrected chi connectivity index (χ3v) is 5.82. The molecule has 2 fully saturated rings. The van der Waals surface area contributed by atoms with E-state index in [0.717, 1.165) is 25.0 Å². The molecule has 0 aromatic heterocycles. The highest BCUT2D eigenvalue weighted by atomic mass is 19.4. The van der Waals surface area contributed by atoms with E-state index in [4.69, 9.17) is 20.6 Å². The van der Waals surface area contributed by atoms with Crippen LogP contribution in [0, 0.1) is 17.2 Å². The summed E-state index contributed by atoms with van der Waals surface area (Å²) in [4.78, 5) is 5.36. The zero-order valence-corrected chi connectivity index (χ0v) is 16.7. The normalized spacial score (nSPS) is 31.1. The van der Waals surface area contributed by atoms with E-state index in [1.807, 2.05) is 20.8 Å². The van der Waals surface area contributed by atoms with Crippen LogP contribution < -0.4 is 11.2 Å². The first-order chi connectivity index (χ1) is 13.1. The van der Waals surface area contributed by atoms with Crippen LogP contribution in [0.25, 0.3) is 0 Å². The first-order valence-corrected chi connectivity index (χ1v) is 9.56. The SMILES string of the molecule is CC.C[C@@H]1[C@H](N)C2(C)CCC1(CCONc1ccc(C#N)c(C(F)(F)F)c1)O2. The van der Waals surface area contributed by atoms with Crippen molar-refractivity contribution >= 4 is 5.69 Å². The third-order valence-electron chi connectivity index (χ3n) is 5.82. The van der Waals surface area contributed by atoms with E-state index < -0.39 is 17.3 Å². The van der Waals surface area contributed by atoms with Crippen molar-refractivity contribution in [3.63, 3.8) is 0 Å². The number of benzene rings is 1. The molecule has 2 aliphatic rings. The summed E-state index contributed by atoms with van der Waals surface area (Å²) in [5.74, 6) is 0.191. The van der Waals surface area contributed by atoms with Crippen LogP contribution in [0.3, 0.4) is 0 Å². The second kappa shape index (κ2) is 8.27. The largest absolute Gasteiger partial charge is 0.417 e. The molecule has 1 aromatic rings. The fourth-order valence-electron chi connectivity index (χ4n) is 4.14. The zero-order valence-electron chi connectivity index (χ0n) is 16.7. The molecule has 156 valence electrons. The number of hydrogen-bond donors (Lipinski definition) is 2. The predicted molar refractivity (Wildman–Crippen MR) is 100 cm³/mol. The highest BCUT2D eigenvalue weighted by Crippen LogP contribution is 2.54. The molecule has 0 amide bonds. The van der Waals surface area contributed by atoms with Crippen molar-refractivity contribution in [2.24, 2.45) is 11.7 Å². The summed E-state index contributed by atoms with van der Waals surface area (Å²) in [5, 5.41) is 8.81. The Balaban J connectivity index is 0.00000136. The summed E-state index contributed by atoms with van der Waals surface area (Å²) in [5.41, 5.74) is 6.87. The quantitative estimate of drug-likeness (QED) is 0.558. The Bertz CT molecular complexity index is 734. The fourth-order valence-corrected chi connectivity index (χ4v) is 4.14. The van der Waals surface area contributed by atoms with Crippen LogP contribution in [-0.4, -0.2) is 23.9 Å². The molecule has 8 heteroatoms. The average Bonchev–Trinajstić information content (AvgIpc) is 3.11. The molecule has 2 aliphatic heterocycles. The molecule has 0 radical (unpaired) electrons. The van der Waals surface area contributed by atoms with E-state index in [0.29, 0.717) is 6.42 Å². The molecule has 3 N–H and O–H groups in total. The van der Waals surface area contributed by atoms with Gasteiger partial charge in [-0.05, 0) is 38.0 Å². The number of nitrogens with one attached hydrogen (secondary N) is 1. The van der Waals surface area contributed by atoms with Gasteiger partial charge in [-0.2, -0.15) is 18.4 Å². The summed E-state index contributed by atoms with van der Waals surface area (Å²) >= 11 is 0. The number of ether oxygens (including phenoxy) is 1. The molecular weight excluding hydrogens is 371 g/mol. The maximum absolute atomic E-state index is 13.0. The Kier molecular flexibility index (Phi) is 6.64. The van der Waals surface area contributed by atoms with Gasteiger partial charge in [-0.15, -0.1) is 0 Å². The molecule has 0 aliphatic carbocycles. The first-order valence-electron chi connectivity index (χ1n) is 9.56. The molecule has 1 aromatic carbocycles. The average molecular weight is 399 g/mol. The molecule has 2 unspecified atom stereocenters. The van der Waals surface area contributed by atoms with Crippen molar-refractivity contribution < 1.29 is 22.7 Å². The monoisotopic (exact) mass is 399 g/mol. The van der Waals surface area contributed by atoms with Gasteiger partial charge in [-0.3, -0.25) is 10.3 Å². The number of nitrogens with zero attached hydrogens (tertiary/aromatic N) is 1. The smallest absolute Gasteiger partial charge is 0.367 e. The lowest BCUT2D eigenvalue weighted by atomic mass is 9.71. The van der Waals surface area contributed by atoms with Gasteiger partial charge in [0.15, 0.2) is 0 Å². The lowest BCUT2D eigenvalue weighted by Crippen LogP contribution is -2.48. The molecule has 3 rings (SSSR count). The second-order valence-electron chi connectivity index (χ2n) is 7.36. The van der Waals surface area contributed by atoms with E-state index in [1.165, 1.54) is 6.07 Å². The number of anilines is 1. The molecule has 4 atom stereocenters. The van der Waals surface area contributed by atoms with Crippen molar-refractivity contribution in [3.05, 3.63) is 29.3 Å². The molecule has 0 spiro atoms. The van der Waals surface area contributed by atoms with E-state index in [9.17, 15) is 13.2 Å². The molecule has 2 heterocycles. The summed E-state index contributed by atoms with van der Waals surface area (Å²) in [6.07, 6.45) is -2.19. The molecular formula is C20H28F3N3O2. The molecule has 0 saturated carbocycles. The molecule has 28 heavy (non-hydrogen) atoms. The van der Waals surface area contributed by atoms with Crippen molar-refractivity contribution in [2.45, 2.75) is 70.4 Å². The molecule has 5 nitrogen and oxygen atoms in total. The Morgan fingerprint density at radius 2 is 2.04 bits per heavy atom. The van der Waals surface area contributed by atoms with Gasteiger partial charge in [0.25, 0.3) is 0 Å². The van der Waals surface area contributed by atoms with Gasteiger partial charge >= 0.3 is 6.18 Å². The highest BCUT2D eigenvalue weighted by Gasteiger charge is 2.61. The maximum Gasteiger partial charge on any atom is 0.417 e. The minimum absolute atomic E-state index is 0.0305. The van der Waals surface area contributed by atoms with E-state index in [1.54, 1.807) is 6.07 Å². The van der Waals surface area contributed by atoms with Crippen molar-refractivity contribution in [1.29, 1.82) is 5.26 Å². The van der Waals surface area contributed by atoms with Gasteiger partial charge in [0.2, 0.25) is 0 Å². The molecule has 2 bridgehead atoms. The van der Waals surface area contributed by atoms with Crippen molar-refractivity contribution in [2.75, 3.05) is 12.1 Å². The van der Waals surface area contributed by atoms with E-state index >= 15 is 0 Å². The lowest BCUT2D eigenvalue weighted by Gasteiger charge is -2.33. The summed E-state index contributed by atoms with van der Waals surface area (Å²) in [6.45, 7) is 8.37. The summed E-state index contributed by atoms with van der Waals surface area (Å²) < 4.78 is 45.1. The Hall–Kier alpha value is -1.82. The third kappa shape index (κ3) is 4.12. The number of fused-ring (bicyclic) bond motifs is 2. The topological polar surface area (TPSA) is 80.3 Å². The van der Waals surface area contributed by atoms with Gasteiger partial charge in [0.1, 0.15) is 0 Å². The predicted octanol–water partition coefficient (Wildman–Crippen LogP) is 4.62. The fraction of sp³-hybridized carbons (Fsp3) is 0.650. The number of halogens is 3. The van der Waals surface area contributed by atoms with Crippen LogP contribution >= 0.6 is 0 Å². The Morgan fingerprint density at radius 1 is 1.36 bits per heavy atom. The number of alkyl halides is 3. The zero-order chi connectivity index (χ0) is 21.2. The standard InChI is InChI=1S/C18H22F3N3O2.C2H6/c1-11-15(23)16(2)5-6-17(11,26-16)7-8-25-24-13-4-3-12(10-22)14(9-13)18(19,20)21;1-2/h3-4,9,11,15,24H,5-8,23H2,1-2H3;1-2H3/t11-,15+,16?,17?;/m1./s1. The van der Waals surface area contributed by atoms with Gasteiger partial charge < -0.3 is 10.5 Å². The van der Waals surface area contributed by atoms with Gasteiger partial charge in [0.05, 0.1) is 40.7 Å². The van der Waals surface area contributed by atoms with Gasteiger partial charge in [-0.1, -0.05) is 20.8 Å². The lowest BCUT2D eigenvalue weighted by molar-refractivity contribution is -0.137. The summed E-state index contributed by atoms with van der Waals surface area (Å²) in [6, 6.07) is 4.89. The number of hydrogen-bond acceptors (Lipinski definition) is 5. The van der Waals surface area contributed by atoms with E-state index in [2.05, 4.69) is 12.4 Å². The second-order valence-corrected chi connectivity index (χ2v) is 7.36. The van der Waals surface area contributed by atoms with Crippen LogP contribution in [0.4, 0.5) is 18.9 Å². The van der Waals surface area contributed by atoms with Crippen LogP contribution in [0.5, 0.6) is 0 Å². The Labute approximate surface area is 163 Å². The van der Waals surface area contributed by atoms with Crippen LogP contribution in [0.15, 0.2) is 18.2 Å². The van der Waals surface area contributed by atoms with E-state index in [-0.39, 0.29) is 35.5 Å². The van der Waals surface area contributed by atoms with Crippen LogP contribution in [0.2, 0.25) is 0 Å². The Morgan fingerprint density at radius 3 is 2.57 bits per heavy atom. The minimum atomic E-state index is -4.60. The van der Waals surface area contributed by atoms with Gasteiger partial charge in [-0.25, -0.2) is 0 Å². The minimum Gasteiger partial charge on any atom is -0.367 e. The maximum atomic E-state index is 13.0.